The van der Waals surface area contributed by atoms with Gasteiger partial charge in [-0.25, -0.2) is 4.39 Å². The molecule has 1 unspecified atom stereocenters. The van der Waals surface area contributed by atoms with Crippen LogP contribution in [0.4, 0.5) is 4.39 Å². The molecule has 0 radical (unpaired) electrons. The van der Waals surface area contributed by atoms with Gasteiger partial charge in [-0.1, -0.05) is 0 Å². The lowest BCUT2D eigenvalue weighted by atomic mass is 10.1. The van der Waals surface area contributed by atoms with Crippen LogP contribution in [0.2, 0.25) is 0 Å². The molecule has 2 nitrogen and oxygen atoms in total. The Kier molecular flexibility index (Phi) is 5.63. The topological polar surface area (TPSA) is 35.2 Å². The first-order chi connectivity index (χ1) is 7.63. The molecule has 2 N–H and O–H groups in total. The van der Waals surface area contributed by atoms with Crippen molar-refractivity contribution in [2.24, 2.45) is 5.73 Å². The number of benzene rings is 1. The van der Waals surface area contributed by atoms with Crippen LogP contribution in [0.3, 0.4) is 0 Å². The van der Waals surface area contributed by atoms with Gasteiger partial charge in [0, 0.05) is 11.8 Å². The summed E-state index contributed by atoms with van der Waals surface area (Å²) >= 11 is 1.72. The summed E-state index contributed by atoms with van der Waals surface area (Å²) in [5.74, 6) is 1.43. The van der Waals surface area contributed by atoms with Crippen molar-refractivity contribution in [3.63, 3.8) is 0 Å². The van der Waals surface area contributed by atoms with Crippen molar-refractivity contribution in [1.82, 2.24) is 0 Å². The zero-order chi connectivity index (χ0) is 12.0. The SMILES string of the molecule is CSCCOc1ccc(F)cc1CC(C)N. The molecule has 16 heavy (non-hydrogen) atoms. The second-order valence-electron chi connectivity index (χ2n) is 3.77. The van der Waals surface area contributed by atoms with Gasteiger partial charge in [-0.15, -0.1) is 0 Å². The summed E-state index contributed by atoms with van der Waals surface area (Å²) in [7, 11) is 0. The van der Waals surface area contributed by atoms with Crippen LogP contribution in [0.25, 0.3) is 0 Å². The maximum absolute atomic E-state index is 13.1. The lowest BCUT2D eigenvalue weighted by Gasteiger charge is -2.12. The Morgan fingerprint density at radius 3 is 2.88 bits per heavy atom. The quantitative estimate of drug-likeness (QED) is 0.780. The van der Waals surface area contributed by atoms with E-state index in [1.165, 1.54) is 12.1 Å². The molecular weight excluding hydrogens is 225 g/mol. The van der Waals surface area contributed by atoms with E-state index >= 15 is 0 Å². The van der Waals surface area contributed by atoms with Gasteiger partial charge in [0.05, 0.1) is 6.61 Å². The summed E-state index contributed by atoms with van der Waals surface area (Å²) in [6, 6.07) is 4.59. The summed E-state index contributed by atoms with van der Waals surface area (Å²) in [4.78, 5) is 0. The number of nitrogens with two attached hydrogens (primary N) is 1. The first kappa shape index (κ1) is 13.3. The van der Waals surface area contributed by atoms with Crippen LogP contribution in [-0.4, -0.2) is 24.7 Å². The molecule has 0 saturated heterocycles. The van der Waals surface area contributed by atoms with Gasteiger partial charge in [-0.05, 0) is 43.4 Å². The fourth-order valence-electron chi connectivity index (χ4n) is 1.43. The Hall–Kier alpha value is -0.740. The van der Waals surface area contributed by atoms with Gasteiger partial charge in [0.25, 0.3) is 0 Å². The maximum atomic E-state index is 13.1. The average molecular weight is 243 g/mol. The van der Waals surface area contributed by atoms with Crippen LogP contribution in [0.5, 0.6) is 5.75 Å². The van der Waals surface area contributed by atoms with Crippen LogP contribution >= 0.6 is 11.8 Å². The smallest absolute Gasteiger partial charge is 0.123 e. The highest BCUT2D eigenvalue weighted by molar-refractivity contribution is 7.98. The zero-order valence-corrected chi connectivity index (χ0v) is 10.5. The molecule has 1 atom stereocenters. The minimum Gasteiger partial charge on any atom is -0.492 e. The van der Waals surface area contributed by atoms with E-state index < -0.39 is 0 Å². The number of halogens is 1. The first-order valence-electron chi connectivity index (χ1n) is 5.29. The third-order valence-corrected chi connectivity index (χ3v) is 2.68. The Bertz CT molecular complexity index is 331. The van der Waals surface area contributed by atoms with Gasteiger partial charge < -0.3 is 10.5 Å². The third-order valence-electron chi connectivity index (χ3n) is 2.11. The first-order valence-corrected chi connectivity index (χ1v) is 6.68. The van der Waals surface area contributed by atoms with Gasteiger partial charge in [0.2, 0.25) is 0 Å². The molecule has 0 bridgehead atoms. The number of thioether (sulfide) groups is 1. The number of ether oxygens (including phenoxy) is 1. The minimum absolute atomic E-state index is 0.00435. The molecular formula is C12H18FNOS. The molecule has 0 spiro atoms. The molecule has 1 rings (SSSR count). The Balaban J connectivity index is 2.72. The van der Waals surface area contributed by atoms with E-state index in [0.29, 0.717) is 13.0 Å². The second kappa shape index (κ2) is 6.76. The van der Waals surface area contributed by atoms with Gasteiger partial charge in [-0.2, -0.15) is 11.8 Å². The van der Waals surface area contributed by atoms with Crippen molar-refractivity contribution < 1.29 is 9.13 Å². The van der Waals surface area contributed by atoms with E-state index in [4.69, 9.17) is 10.5 Å². The van der Waals surface area contributed by atoms with Crippen LogP contribution in [0.15, 0.2) is 18.2 Å². The Morgan fingerprint density at radius 1 is 1.50 bits per heavy atom. The van der Waals surface area contributed by atoms with E-state index in [1.807, 2.05) is 13.2 Å². The van der Waals surface area contributed by atoms with E-state index in [0.717, 1.165) is 17.1 Å². The van der Waals surface area contributed by atoms with Crippen LogP contribution in [0, 0.1) is 5.82 Å². The summed E-state index contributed by atoms with van der Waals surface area (Å²) in [5.41, 5.74) is 6.56. The fourth-order valence-corrected chi connectivity index (χ4v) is 1.68. The van der Waals surface area contributed by atoms with Crippen LogP contribution < -0.4 is 10.5 Å². The molecule has 1 aromatic rings. The molecule has 0 saturated carbocycles. The lowest BCUT2D eigenvalue weighted by Crippen LogP contribution is -2.18. The number of hydrogen-bond donors (Lipinski definition) is 1. The molecule has 1 aromatic carbocycles. The highest BCUT2D eigenvalue weighted by Crippen LogP contribution is 2.21. The maximum Gasteiger partial charge on any atom is 0.123 e. The summed E-state index contributed by atoms with van der Waals surface area (Å²) in [5, 5.41) is 0. The van der Waals surface area contributed by atoms with Gasteiger partial charge in [0.1, 0.15) is 11.6 Å². The summed E-state index contributed by atoms with van der Waals surface area (Å²) < 4.78 is 18.7. The van der Waals surface area contributed by atoms with Gasteiger partial charge in [-0.3, -0.25) is 0 Å². The van der Waals surface area contributed by atoms with Crippen molar-refractivity contribution in [2.45, 2.75) is 19.4 Å². The standard InChI is InChI=1S/C12H18FNOS/c1-9(14)7-10-8-11(13)3-4-12(10)15-5-6-16-2/h3-4,8-9H,5-7,14H2,1-2H3. The molecule has 0 fully saturated rings. The molecule has 90 valence electrons. The zero-order valence-electron chi connectivity index (χ0n) is 9.70. The summed E-state index contributed by atoms with van der Waals surface area (Å²) in [6.45, 7) is 2.54. The Morgan fingerprint density at radius 2 is 2.25 bits per heavy atom. The van der Waals surface area contributed by atoms with Gasteiger partial charge in [0.15, 0.2) is 0 Å². The van der Waals surface area contributed by atoms with E-state index in [-0.39, 0.29) is 11.9 Å². The highest BCUT2D eigenvalue weighted by Gasteiger charge is 2.07. The van der Waals surface area contributed by atoms with Crippen molar-refractivity contribution in [3.05, 3.63) is 29.6 Å². The second-order valence-corrected chi connectivity index (χ2v) is 4.76. The fraction of sp³-hybridized carbons (Fsp3) is 0.500. The van der Waals surface area contributed by atoms with Crippen molar-refractivity contribution in [1.29, 1.82) is 0 Å². The van der Waals surface area contributed by atoms with E-state index in [2.05, 4.69) is 0 Å². The minimum atomic E-state index is -0.243. The monoisotopic (exact) mass is 243 g/mol. The molecule has 0 aliphatic rings. The van der Waals surface area contributed by atoms with Crippen LogP contribution in [-0.2, 0) is 6.42 Å². The van der Waals surface area contributed by atoms with Crippen LogP contribution in [0.1, 0.15) is 12.5 Å². The average Bonchev–Trinajstić information content (AvgIpc) is 2.20. The predicted octanol–water partition coefficient (Wildman–Crippen LogP) is 2.46. The third kappa shape index (κ3) is 4.41. The molecule has 4 heteroatoms. The normalized spacial score (nSPS) is 12.5. The largest absolute Gasteiger partial charge is 0.492 e. The molecule has 0 aliphatic heterocycles. The molecule has 0 aromatic heterocycles. The summed E-state index contributed by atoms with van der Waals surface area (Å²) in [6.07, 6.45) is 2.66. The van der Waals surface area contributed by atoms with Crippen molar-refractivity contribution in [3.8, 4) is 5.75 Å². The van der Waals surface area contributed by atoms with Gasteiger partial charge >= 0.3 is 0 Å². The van der Waals surface area contributed by atoms with Crippen molar-refractivity contribution in [2.75, 3.05) is 18.6 Å². The van der Waals surface area contributed by atoms with Crippen molar-refractivity contribution >= 4 is 11.8 Å². The molecule has 0 heterocycles. The Labute approximate surface area is 100 Å². The molecule has 0 aliphatic carbocycles. The number of hydrogen-bond acceptors (Lipinski definition) is 3. The van der Waals surface area contributed by atoms with E-state index in [1.54, 1.807) is 17.8 Å². The lowest BCUT2D eigenvalue weighted by molar-refractivity contribution is 0.338. The highest BCUT2D eigenvalue weighted by atomic mass is 32.2. The molecule has 0 amide bonds. The number of rotatable bonds is 6. The predicted molar refractivity (Wildman–Crippen MR) is 67.6 cm³/mol. The van der Waals surface area contributed by atoms with E-state index in [9.17, 15) is 4.39 Å².